The Bertz CT molecular complexity index is 243. The fraction of sp³-hybridized carbons (Fsp3) is 0.375. The van der Waals surface area contributed by atoms with Crippen LogP contribution in [0.1, 0.15) is 0 Å². The van der Waals surface area contributed by atoms with E-state index in [0.717, 1.165) is 13.2 Å². The van der Waals surface area contributed by atoms with Gasteiger partial charge in [0.2, 0.25) is 0 Å². The summed E-state index contributed by atoms with van der Waals surface area (Å²) in [4.78, 5) is 10.8. The molecule has 1 rings (SSSR count). The monoisotopic (exact) mass is 174 g/mol. The SMILES string of the molecule is COC(=O)C1C=CC=CC1(F)F. The second-order valence-corrected chi connectivity index (χ2v) is 2.42. The van der Waals surface area contributed by atoms with Gasteiger partial charge in [-0.15, -0.1) is 0 Å². The average Bonchev–Trinajstić information content (AvgIpc) is 2.02. The van der Waals surface area contributed by atoms with Gasteiger partial charge < -0.3 is 4.74 Å². The van der Waals surface area contributed by atoms with Crippen molar-refractivity contribution in [3.05, 3.63) is 24.3 Å². The summed E-state index contributed by atoms with van der Waals surface area (Å²) in [7, 11) is 1.09. The molecule has 66 valence electrons. The molecule has 0 aromatic carbocycles. The van der Waals surface area contributed by atoms with Crippen LogP contribution in [0.5, 0.6) is 0 Å². The van der Waals surface area contributed by atoms with Crippen LogP contribution in [0.15, 0.2) is 24.3 Å². The molecular weight excluding hydrogens is 166 g/mol. The van der Waals surface area contributed by atoms with Crippen LogP contribution >= 0.6 is 0 Å². The molecular formula is C8H8F2O2. The lowest BCUT2D eigenvalue weighted by Gasteiger charge is -2.20. The predicted octanol–water partition coefficient (Wildman–Crippen LogP) is 1.54. The summed E-state index contributed by atoms with van der Waals surface area (Å²) in [5, 5.41) is 0. The van der Waals surface area contributed by atoms with Crippen LogP contribution in [0, 0.1) is 5.92 Å². The fourth-order valence-corrected chi connectivity index (χ4v) is 0.954. The Kier molecular flexibility index (Phi) is 2.26. The summed E-state index contributed by atoms with van der Waals surface area (Å²) < 4.78 is 30.0. The molecule has 0 amide bonds. The van der Waals surface area contributed by atoms with Gasteiger partial charge >= 0.3 is 5.97 Å². The fourth-order valence-electron chi connectivity index (χ4n) is 0.954. The Morgan fingerprint density at radius 1 is 1.50 bits per heavy atom. The van der Waals surface area contributed by atoms with Crippen molar-refractivity contribution in [3.63, 3.8) is 0 Å². The maximum absolute atomic E-state index is 12.9. The van der Waals surface area contributed by atoms with Crippen molar-refractivity contribution in [2.75, 3.05) is 7.11 Å². The van der Waals surface area contributed by atoms with E-state index >= 15 is 0 Å². The number of hydrogen-bond acceptors (Lipinski definition) is 2. The summed E-state index contributed by atoms with van der Waals surface area (Å²) in [6.45, 7) is 0. The van der Waals surface area contributed by atoms with Crippen LogP contribution in [0.2, 0.25) is 0 Å². The molecule has 0 aromatic heterocycles. The molecule has 0 saturated carbocycles. The zero-order chi connectivity index (χ0) is 9.19. The number of halogens is 2. The lowest BCUT2D eigenvalue weighted by atomic mass is 9.97. The minimum Gasteiger partial charge on any atom is -0.468 e. The van der Waals surface area contributed by atoms with Crippen molar-refractivity contribution in [3.8, 4) is 0 Å². The van der Waals surface area contributed by atoms with Crippen LogP contribution in [0.25, 0.3) is 0 Å². The van der Waals surface area contributed by atoms with Gasteiger partial charge in [-0.2, -0.15) is 0 Å². The average molecular weight is 174 g/mol. The molecule has 1 aliphatic carbocycles. The van der Waals surface area contributed by atoms with Gasteiger partial charge in [0.05, 0.1) is 7.11 Å². The van der Waals surface area contributed by atoms with Crippen LogP contribution in [0.4, 0.5) is 8.78 Å². The number of carbonyl (C=O) groups is 1. The molecule has 0 spiro atoms. The number of methoxy groups -OCH3 is 1. The van der Waals surface area contributed by atoms with Gasteiger partial charge in [-0.25, -0.2) is 8.78 Å². The number of alkyl halides is 2. The van der Waals surface area contributed by atoms with E-state index < -0.39 is 17.8 Å². The quantitative estimate of drug-likeness (QED) is 0.563. The molecule has 0 heterocycles. The van der Waals surface area contributed by atoms with Gasteiger partial charge in [0.15, 0.2) is 0 Å². The van der Waals surface area contributed by atoms with E-state index in [1.165, 1.54) is 12.2 Å². The highest BCUT2D eigenvalue weighted by Gasteiger charge is 2.42. The van der Waals surface area contributed by atoms with Crippen LogP contribution in [-0.2, 0) is 9.53 Å². The first-order chi connectivity index (χ1) is 5.58. The minimum atomic E-state index is -3.12. The summed E-state index contributed by atoms with van der Waals surface area (Å²) in [6, 6.07) is 0. The Balaban J connectivity index is 2.84. The van der Waals surface area contributed by atoms with E-state index in [-0.39, 0.29) is 0 Å². The zero-order valence-electron chi connectivity index (χ0n) is 6.46. The number of hydrogen-bond donors (Lipinski definition) is 0. The number of allylic oxidation sites excluding steroid dienone is 3. The van der Waals surface area contributed by atoms with E-state index in [1.807, 2.05) is 0 Å². The molecule has 0 N–H and O–H groups in total. The normalized spacial score (nSPS) is 25.4. The van der Waals surface area contributed by atoms with Crippen molar-refractivity contribution < 1.29 is 18.3 Å². The maximum atomic E-state index is 12.9. The van der Waals surface area contributed by atoms with Crippen molar-refractivity contribution in [1.29, 1.82) is 0 Å². The molecule has 1 atom stereocenters. The van der Waals surface area contributed by atoms with Crippen LogP contribution in [0.3, 0.4) is 0 Å². The van der Waals surface area contributed by atoms with Crippen LogP contribution < -0.4 is 0 Å². The molecule has 0 aliphatic heterocycles. The molecule has 0 aromatic rings. The summed E-state index contributed by atoms with van der Waals surface area (Å²) in [6.07, 6.45) is 4.43. The number of ether oxygens (including phenoxy) is 1. The molecule has 4 heteroatoms. The Morgan fingerprint density at radius 2 is 2.17 bits per heavy atom. The highest BCUT2D eigenvalue weighted by Crippen LogP contribution is 2.30. The number of carbonyl (C=O) groups excluding carboxylic acids is 1. The van der Waals surface area contributed by atoms with Gasteiger partial charge in [0.25, 0.3) is 5.92 Å². The van der Waals surface area contributed by atoms with Crippen molar-refractivity contribution in [2.45, 2.75) is 5.92 Å². The summed E-state index contributed by atoms with van der Waals surface area (Å²) >= 11 is 0. The highest BCUT2D eigenvalue weighted by atomic mass is 19.3. The Labute approximate surface area is 68.5 Å². The molecule has 0 saturated heterocycles. The predicted molar refractivity (Wildman–Crippen MR) is 38.7 cm³/mol. The first-order valence-corrected chi connectivity index (χ1v) is 3.39. The number of rotatable bonds is 1. The molecule has 1 aliphatic rings. The van der Waals surface area contributed by atoms with E-state index in [9.17, 15) is 13.6 Å². The van der Waals surface area contributed by atoms with Gasteiger partial charge in [-0.1, -0.05) is 18.2 Å². The molecule has 2 nitrogen and oxygen atoms in total. The second-order valence-electron chi connectivity index (χ2n) is 2.42. The van der Waals surface area contributed by atoms with Crippen molar-refractivity contribution >= 4 is 5.97 Å². The third-order valence-electron chi connectivity index (χ3n) is 1.60. The van der Waals surface area contributed by atoms with Gasteiger partial charge in [0.1, 0.15) is 5.92 Å². The van der Waals surface area contributed by atoms with Crippen molar-refractivity contribution in [1.82, 2.24) is 0 Å². The second kappa shape index (κ2) is 3.05. The minimum absolute atomic E-state index is 0.689. The Morgan fingerprint density at radius 3 is 2.67 bits per heavy atom. The van der Waals surface area contributed by atoms with E-state index in [4.69, 9.17) is 0 Å². The topological polar surface area (TPSA) is 26.3 Å². The lowest BCUT2D eigenvalue weighted by molar-refractivity contribution is -0.152. The van der Waals surface area contributed by atoms with Gasteiger partial charge in [-0.05, 0) is 6.08 Å². The zero-order valence-corrected chi connectivity index (χ0v) is 6.46. The third kappa shape index (κ3) is 1.52. The third-order valence-corrected chi connectivity index (χ3v) is 1.60. The maximum Gasteiger partial charge on any atom is 0.319 e. The first kappa shape index (κ1) is 8.90. The van der Waals surface area contributed by atoms with E-state index in [2.05, 4.69) is 4.74 Å². The van der Waals surface area contributed by atoms with Gasteiger partial charge in [0, 0.05) is 0 Å². The molecule has 12 heavy (non-hydrogen) atoms. The smallest absolute Gasteiger partial charge is 0.319 e. The van der Waals surface area contributed by atoms with Crippen LogP contribution in [-0.4, -0.2) is 19.0 Å². The largest absolute Gasteiger partial charge is 0.468 e. The van der Waals surface area contributed by atoms with Gasteiger partial charge in [-0.3, -0.25) is 4.79 Å². The summed E-state index contributed by atoms with van der Waals surface area (Å²) in [5.41, 5.74) is 0. The summed E-state index contributed by atoms with van der Waals surface area (Å²) in [5.74, 6) is -5.52. The number of esters is 1. The molecule has 0 radical (unpaired) electrons. The highest BCUT2D eigenvalue weighted by molar-refractivity contribution is 5.76. The first-order valence-electron chi connectivity index (χ1n) is 3.39. The standard InChI is InChI=1S/C8H8F2O2/c1-12-7(11)6-4-2-3-5-8(6,9)10/h2-6H,1H3. The lowest BCUT2D eigenvalue weighted by Crippen LogP contribution is -2.33. The Hall–Kier alpha value is -1.19. The molecule has 0 bridgehead atoms. The van der Waals surface area contributed by atoms with E-state index in [0.29, 0.717) is 6.08 Å². The molecule has 1 unspecified atom stereocenters. The molecule has 0 fully saturated rings. The van der Waals surface area contributed by atoms with E-state index in [1.54, 1.807) is 0 Å². The van der Waals surface area contributed by atoms with Crippen molar-refractivity contribution in [2.24, 2.45) is 5.92 Å².